The first-order valence-electron chi connectivity index (χ1n) is 4.17. The van der Waals surface area contributed by atoms with Gasteiger partial charge in [0.05, 0.1) is 6.54 Å². The predicted octanol–water partition coefficient (Wildman–Crippen LogP) is 1.42. The number of hydrogen-bond acceptors (Lipinski definition) is 2. The number of terminal acetylenes is 1. The topological polar surface area (TPSA) is 32.3 Å². The number of phenols is 1. The molecule has 0 radical (unpaired) electrons. The molecule has 0 unspecified atom stereocenters. The zero-order valence-corrected chi connectivity index (χ0v) is 7.67. The Labute approximate surface area is 78.6 Å². The Balaban J connectivity index is 2.67. The van der Waals surface area contributed by atoms with Gasteiger partial charge in [-0.15, -0.1) is 6.42 Å². The van der Waals surface area contributed by atoms with E-state index in [4.69, 9.17) is 6.42 Å². The molecule has 13 heavy (non-hydrogen) atoms. The average Bonchev–Trinajstić information content (AvgIpc) is 2.13. The quantitative estimate of drug-likeness (QED) is 0.538. The Morgan fingerprint density at radius 3 is 3.00 bits per heavy atom. The van der Waals surface area contributed by atoms with Crippen LogP contribution in [0.15, 0.2) is 18.2 Å². The summed E-state index contributed by atoms with van der Waals surface area (Å²) < 4.78 is 0. The number of para-hydroxylation sites is 1. The molecule has 0 fully saturated rings. The second-order valence-electron chi connectivity index (χ2n) is 2.89. The summed E-state index contributed by atoms with van der Waals surface area (Å²) >= 11 is 0. The van der Waals surface area contributed by atoms with Crippen molar-refractivity contribution in [1.29, 1.82) is 0 Å². The Morgan fingerprint density at radius 2 is 2.31 bits per heavy atom. The van der Waals surface area contributed by atoms with Gasteiger partial charge < -0.3 is 10.4 Å². The summed E-state index contributed by atoms with van der Waals surface area (Å²) in [5, 5.41) is 12.6. The van der Waals surface area contributed by atoms with Crippen molar-refractivity contribution in [2.24, 2.45) is 0 Å². The van der Waals surface area contributed by atoms with E-state index in [1.807, 2.05) is 25.1 Å². The highest BCUT2D eigenvalue weighted by molar-refractivity contribution is 5.39. The van der Waals surface area contributed by atoms with Crippen molar-refractivity contribution in [2.75, 3.05) is 6.54 Å². The number of hydrogen-bond donors (Lipinski definition) is 2. The van der Waals surface area contributed by atoms with Crippen molar-refractivity contribution in [3.63, 3.8) is 0 Å². The molecule has 0 heterocycles. The first kappa shape index (κ1) is 9.63. The molecule has 1 rings (SSSR count). The van der Waals surface area contributed by atoms with E-state index in [0.29, 0.717) is 18.8 Å². The van der Waals surface area contributed by atoms with E-state index in [1.165, 1.54) is 0 Å². The van der Waals surface area contributed by atoms with Gasteiger partial charge in [-0.3, -0.25) is 0 Å². The van der Waals surface area contributed by atoms with Gasteiger partial charge in [-0.2, -0.15) is 0 Å². The van der Waals surface area contributed by atoms with Crippen molar-refractivity contribution < 1.29 is 5.11 Å². The molecule has 0 spiro atoms. The van der Waals surface area contributed by atoms with E-state index in [9.17, 15) is 5.11 Å². The van der Waals surface area contributed by atoms with Crippen LogP contribution in [0.5, 0.6) is 5.75 Å². The van der Waals surface area contributed by atoms with Crippen LogP contribution in [-0.4, -0.2) is 11.7 Å². The summed E-state index contributed by atoms with van der Waals surface area (Å²) in [7, 11) is 0. The molecular weight excluding hydrogens is 162 g/mol. The molecule has 0 bridgehead atoms. The lowest BCUT2D eigenvalue weighted by Gasteiger charge is -2.06. The molecule has 0 aliphatic heterocycles. The van der Waals surface area contributed by atoms with Crippen LogP contribution in [0.4, 0.5) is 0 Å². The largest absolute Gasteiger partial charge is 0.507 e. The second-order valence-corrected chi connectivity index (χ2v) is 2.89. The van der Waals surface area contributed by atoms with Gasteiger partial charge in [0, 0.05) is 12.1 Å². The fourth-order valence-corrected chi connectivity index (χ4v) is 1.13. The van der Waals surface area contributed by atoms with E-state index in [1.54, 1.807) is 0 Å². The number of benzene rings is 1. The van der Waals surface area contributed by atoms with E-state index in [2.05, 4.69) is 11.2 Å². The predicted molar refractivity (Wildman–Crippen MR) is 53.4 cm³/mol. The maximum atomic E-state index is 9.61. The number of aryl methyl sites for hydroxylation is 1. The fraction of sp³-hybridized carbons (Fsp3) is 0.273. The number of rotatable bonds is 3. The van der Waals surface area contributed by atoms with Gasteiger partial charge in [-0.1, -0.05) is 24.1 Å². The molecule has 0 aliphatic rings. The lowest BCUT2D eigenvalue weighted by Crippen LogP contribution is -2.13. The molecule has 0 saturated carbocycles. The minimum Gasteiger partial charge on any atom is -0.507 e. The molecule has 2 heteroatoms. The first-order valence-corrected chi connectivity index (χ1v) is 4.17. The highest BCUT2D eigenvalue weighted by atomic mass is 16.3. The summed E-state index contributed by atoms with van der Waals surface area (Å²) in [5.74, 6) is 2.83. The Morgan fingerprint density at radius 1 is 1.54 bits per heavy atom. The Kier molecular flexibility index (Phi) is 3.36. The molecular formula is C11H13NO. The molecule has 1 aromatic rings. The normalized spacial score (nSPS) is 9.54. The second kappa shape index (κ2) is 4.54. The van der Waals surface area contributed by atoms with Gasteiger partial charge in [0.2, 0.25) is 0 Å². The van der Waals surface area contributed by atoms with Gasteiger partial charge >= 0.3 is 0 Å². The maximum absolute atomic E-state index is 9.61. The highest BCUT2D eigenvalue weighted by Crippen LogP contribution is 2.20. The summed E-state index contributed by atoms with van der Waals surface area (Å²) in [5.41, 5.74) is 1.77. The zero-order valence-electron chi connectivity index (χ0n) is 7.67. The molecule has 0 aliphatic carbocycles. The van der Waals surface area contributed by atoms with Gasteiger partial charge in [0.15, 0.2) is 0 Å². The van der Waals surface area contributed by atoms with E-state index in [0.717, 1.165) is 11.1 Å². The van der Waals surface area contributed by atoms with E-state index in [-0.39, 0.29) is 0 Å². The van der Waals surface area contributed by atoms with E-state index >= 15 is 0 Å². The third-order valence-corrected chi connectivity index (χ3v) is 1.86. The number of nitrogens with one attached hydrogen (secondary N) is 1. The number of aromatic hydroxyl groups is 1. The van der Waals surface area contributed by atoms with Gasteiger partial charge in [0.1, 0.15) is 5.75 Å². The lowest BCUT2D eigenvalue weighted by atomic mass is 10.1. The van der Waals surface area contributed by atoms with Crippen molar-refractivity contribution in [2.45, 2.75) is 13.5 Å². The summed E-state index contributed by atoms with van der Waals surface area (Å²) in [6.07, 6.45) is 5.09. The van der Waals surface area contributed by atoms with Gasteiger partial charge in [-0.25, -0.2) is 0 Å². The van der Waals surface area contributed by atoms with Gasteiger partial charge in [-0.05, 0) is 12.5 Å². The SMILES string of the molecule is C#CCNCc1cccc(C)c1O. The van der Waals surface area contributed by atoms with Crippen LogP contribution in [-0.2, 0) is 6.54 Å². The Bertz CT molecular complexity index is 325. The Hall–Kier alpha value is -1.46. The zero-order chi connectivity index (χ0) is 9.68. The highest BCUT2D eigenvalue weighted by Gasteiger charge is 2.01. The third kappa shape index (κ3) is 2.50. The van der Waals surface area contributed by atoms with Crippen LogP contribution in [0, 0.1) is 19.3 Å². The third-order valence-electron chi connectivity index (χ3n) is 1.86. The summed E-state index contributed by atoms with van der Waals surface area (Å²) in [4.78, 5) is 0. The smallest absolute Gasteiger partial charge is 0.122 e. The minimum atomic E-state index is 0.354. The van der Waals surface area contributed by atoms with Gasteiger partial charge in [0.25, 0.3) is 0 Å². The van der Waals surface area contributed by atoms with Crippen LogP contribution in [0.25, 0.3) is 0 Å². The van der Waals surface area contributed by atoms with Crippen LogP contribution in [0.1, 0.15) is 11.1 Å². The fourth-order valence-electron chi connectivity index (χ4n) is 1.13. The van der Waals surface area contributed by atoms with Crippen molar-refractivity contribution >= 4 is 0 Å². The maximum Gasteiger partial charge on any atom is 0.122 e. The summed E-state index contributed by atoms with van der Waals surface area (Å²) in [6.45, 7) is 3.01. The molecule has 2 N–H and O–H groups in total. The van der Waals surface area contributed by atoms with E-state index < -0.39 is 0 Å². The molecule has 0 aromatic heterocycles. The van der Waals surface area contributed by atoms with Crippen molar-refractivity contribution in [3.05, 3.63) is 29.3 Å². The molecule has 0 atom stereocenters. The minimum absolute atomic E-state index is 0.354. The lowest BCUT2D eigenvalue weighted by molar-refractivity contribution is 0.461. The first-order chi connectivity index (χ1) is 6.25. The molecule has 68 valence electrons. The summed E-state index contributed by atoms with van der Waals surface area (Å²) in [6, 6.07) is 5.67. The van der Waals surface area contributed by atoms with Crippen LogP contribution < -0.4 is 5.32 Å². The molecule has 0 saturated heterocycles. The number of phenolic OH excluding ortho intramolecular Hbond substituents is 1. The van der Waals surface area contributed by atoms with Crippen LogP contribution >= 0.6 is 0 Å². The molecule has 1 aromatic carbocycles. The monoisotopic (exact) mass is 175 g/mol. The molecule has 2 nitrogen and oxygen atoms in total. The van der Waals surface area contributed by atoms with Crippen LogP contribution in [0.3, 0.4) is 0 Å². The molecule has 0 amide bonds. The average molecular weight is 175 g/mol. The van der Waals surface area contributed by atoms with Crippen LogP contribution in [0.2, 0.25) is 0 Å². The van der Waals surface area contributed by atoms with Crippen molar-refractivity contribution in [3.8, 4) is 18.1 Å². The van der Waals surface area contributed by atoms with Crippen molar-refractivity contribution in [1.82, 2.24) is 5.32 Å². The standard InChI is InChI=1S/C11H13NO/c1-3-7-12-8-10-6-4-5-9(2)11(10)13/h1,4-6,12-13H,7-8H2,2H3.